The Kier molecular flexibility index (Phi) is 5.41. The number of alkyl halides is 5. The Balaban J connectivity index is 2.44. The molecule has 1 saturated heterocycles. The van der Waals surface area contributed by atoms with Crippen LogP contribution in [0.25, 0.3) is 0 Å². The SMILES string of the molecule is CCC(C)C(=O)OC1C2(CCCCC2)COC(O)(C(F)(F)F)C1(F)F. The summed E-state index contributed by atoms with van der Waals surface area (Å²) in [6.45, 7) is 2.34. The number of aliphatic hydroxyl groups is 1. The topological polar surface area (TPSA) is 55.8 Å². The molecule has 2 aliphatic rings. The standard InChI is InChI=1S/C16H23F5O4/c1-3-10(2)11(22)25-12-13(7-5-4-6-8-13)9-24-15(23,14(12,17)18)16(19,20)21/h10,12,23H,3-9H2,1-2H3. The van der Waals surface area contributed by atoms with E-state index < -0.39 is 47.9 Å². The Bertz CT molecular complexity index is 501. The van der Waals surface area contributed by atoms with Gasteiger partial charge in [0.25, 0.3) is 0 Å². The van der Waals surface area contributed by atoms with Crippen LogP contribution in [0.1, 0.15) is 52.4 Å². The van der Waals surface area contributed by atoms with Gasteiger partial charge in [-0.2, -0.15) is 22.0 Å². The van der Waals surface area contributed by atoms with Crippen molar-refractivity contribution in [1.82, 2.24) is 0 Å². The van der Waals surface area contributed by atoms with E-state index in [1.165, 1.54) is 6.92 Å². The van der Waals surface area contributed by atoms with Gasteiger partial charge in [0, 0.05) is 5.41 Å². The first kappa shape index (κ1) is 20.4. The molecular weight excluding hydrogens is 351 g/mol. The van der Waals surface area contributed by atoms with Crippen LogP contribution in [0.3, 0.4) is 0 Å². The summed E-state index contributed by atoms with van der Waals surface area (Å²) in [5.41, 5.74) is -1.43. The van der Waals surface area contributed by atoms with Crippen molar-refractivity contribution in [3.63, 3.8) is 0 Å². The van der Waals surface area contributed by atoms with Gasteiger partial charge in [-0.3, -0.25) is 4.79 Å². The van der Waals surface area contributed by atoms with Gasteiger partial charge in [0.2, 0.25) is 0 Å². The molecule has 1 saturated carbocycles. The third-order valence-electron chi connectivity index (χ3n) is 5.39. The van der Waals surface area contributed by atoms with E-state index in [9.17, 15) is 31.9 Å². The Morgan fingerprint density at radius 1 is 1.28 bits per heavy atom. The van der Waals surface area contributed by atoms with Crippen LogP contribution in [-0.4, -0.2) is 41.7 Å². The second-order valence-electron chi connectivity index (χ2n) is 7.10. The predicted octanol–water partition coefficient (Wildman–Crippen LogP) is 3.81. The van der Waals surface area contributed by atoms with E-state index in [-0.39, 0.29) is 12.8 Å². The number of ether oxygens (including phenoxy) is 2. The van der Waals surface area contributed by atoms with E-state index in [1.54, 1.807) is 6.92 Å². The summed E-state index contributed by atoms with van der Waals surface area (Å²) in [5, 5.41) is 9.64. The Morgan fingerprint density at radius 2 is 1.84 bits per heavy atom. The molecule has 0 radical (unpaired) electrons. The number of rotatable bonds is 3. The van der Waals surface area contributed by atoms with E-state index in [2.05, 4.69) is 4.74 Å². The van der Waals surface area contributed by atoms with Gasteiger partial charge in [-0.25, -0.2) is 0 Å². The number of halogens is 5. The molecule has 1 spiro atoms. The fraction of sp³-hybridized carbons (Fsp3) is 0.938. The monoisotopic (exact) mass is 374 g/mol. The van der Waals surface area contributed by atoms with Crippen LogP contribution >= 0.6 is 0 Å². The highest BCUT2D eigenvalue weighted by atomic mass is 19.4. The lowest BCUT2D eigenvalue weighted by atomic mass is 9.66. The largest absolute Gasteiger partial charge is 0.455 e. The lowest BCUT2D eigenvalue weighted by molar-refractivity contribution is -0.473. The average molecular weight is 374 g/mol. The van der Waals surface area contributed by atoms with Crippen LogP contribution in [0.2, 0.25) is 0 Å². The molecule has 4 nitrogen and oxygen atoms in total. The molecule has 25 heavy (non-hydrogen) atoms. The van der Waals surface area contributed by atoms with Crippen LogP contribution in [0, 0.1) is 11.3 Å². The van der Waals surface area contributed by atoms with Gasteiger partial charge < -0.3 is 14.6 Å². The van der Waals surface area contributed by atoms with Gasteiger partial charge in [0.15, 0.2) is 6.10 Å². The molecule has 0 bridgehead atoms. The molecule has 0 aromatic heterocycles. The maximum Gasteiger partial charge on any atom is 0.449 e. The van der Waals surface area contributed by atoms with E-state index >= 15 is 0 Å². The lowest BCUT2D eigenvalue weighted by Gasteiger charge is -2.54. The molecule has 1 aliphatic heterocycles. The fourth-order valence-electron chi connectivity index (χ4n) is 3.51. The van der Waals surface area contributed by atoms with E-state index in [1.807, 2.05) is 0 Å². The summed E-state index contributed by atoms with van der Waals surface area (Å²) in [6, 6.07) is 0. The Hall–Kier alpha value is -0.960. The minimum Gasteiger partial charge on any atom is -0.455 e. The first-order chi connectivity index (χ1) is 11.4. The third kappa shape index (κ3) is 3.25. The van der Waals surface area contributed by atoms with Crippen LogP contribution in [0.15, 0.2) is 0 Å². The highest BCUT2D eigenvalue weighted by Crippen LogP contribution is 2.57. The molecule has 1 heterocycles. The Labute approximate surface area is 142 Å². The first-order valence-electron chi connectivity index (χ1n) is 8.42. The lowest BCUT2D eigenvalue weighted by Crippen LogP contribution is -2.73. The smallest absolute Gasteiger partial charge is 0.449 e. The second kappa shape index (κ2) is 6.64. The van der Waals surface area contributed by atoms with Crippen molar-refractivity contribution in [2.75, 3.05) is 6.61 Å². The van der Waals surface area contributed by atoms with Crippen molar-refractivity contribution < 1.29 is 41.3 Å². The van der Waals surface area contributed by atoms with Crippen molar-refractivity contribution in [1.29, 1.82) is 0 Å². The average Bonchev–Trinajstić information content (AvgIpc) is 2.54. The molecular formula is C16H23F5O4. The number of esters is 1. The van der Waals surface area contributed by atoms with Gasteiger partial charge >= 0.3 is 23.9 Å². The molecule has 3 atom stereocenters. The van der Waals surface area contributed by atoms with Crippen LogP contribution in [0.5, 0.6) is 0 Å². The van der Waals surface area contributed by atoms with Gasteiger partial charge in [-0.1, -0.05) is 33.1 Å². The number of carbonyl (C=O) groups is 1. The molecule has 1 N–H and O–H groups in total. The van der Waals surface area contributed by atoms with Crippen LogP contribution < -0.4 is 0 Å². The molecule has 0 aromatic rings. The highest BCUT2D eigenvalue weighted by molar-refractivity contribution is 5.72. The minimum atomic E-state index is -5.73. The van der Waals surface area contributed by atoms with Crippen molar-refractivity contribution in [2.45, 2.75) is 76.4 Å². The molecule has 0 amide bonds. The fourth-order valence-corrected chi connectivity index (χ4v) is 3.51. The summed E-state index contributed by atoms with van der Waals surface area (Å²) in [5.74, 6) is -11.2. The predicted molar refractivity (Wildman–Crippen MR) is 76.8 cm³/mol. The zero-order valence-corrected chi connectivity index (χ0v) is 14.2. The number of hydrogen-bond acceptors (Lipinski definition) is 4. The summed E-state index contributed by atoms with van der Waals surface area (Å²) in [4.78, 5) is 12.1. The summed E-state index contributed by atoms with van der Waals surface area (Å²) < 4.78 is 78.2. The number of carbonyl (C=O) groups excluding carboxylic acids is 1. The summed E-state index contributed by atoms with van der Waals surface area (Å²) in [7, 11) is 0. The zero-order chi connectivity index (χ0) is 19.1. The van der Waals surface area contributed by atoms with Crippen molar-refractivity contribution in [3.8, 4) is 0 Å². The van der Waals surface area contributed by atoms with Crippen molar-refractivity contribution in [2.24, 2.45) is 11.3 Å². The normalized spacial score (nSPS) is 33.0. The molecule has 2 fully saturated rings. The number of hydrogen-bond donors (Lipinski definition) is 1. The molecule has 2 rings (SSSR count). The van der Waals surface area contributed by atoms with Gasteiger partial charge in [0.1, 0.15) is 0 Å². The van der Waals surface area contributed by atoms with Crippen LogP contribution in [-0.2, 0) is 14.3 Å². The van der Waals surface area contributed by atoms with E-state index in [4.69, 9.17) is 4.74 Å². The quantitative estimate of drug-likeness (QED) is 0.603. The maximum atomic E-state index is 14.8. The van der Waals surface area contributed by atoms with Gasteiger partial charge in [-0.15, -0.1) is 0 Å². The third-order valence-corrected chi connectivity index (χ3v) is 5.39. The molecule has 0 aromatic carbocycles. The Morgan fingerprint density at radius 3 is 2.32 bits per heavy atom. The molecule has 146 valence electrons. The maximum absolute atomic E-state index is 14.8. The highest BCUT2D eigenvalue weighted by Gasteiger charge is 2.80. The van der Waals surface area contributed by atoms with Crippen molar-refractivity contribution >= 4 is 5.97 Å². The zero-order valence-electron chi connectivity index (χ0n) is 14.2. The first-order valence-corrected chi connectivity index (χ1v) is 8.42. The second-order valence-corrected chi connectivity index (χ2v) is 7.10. The molecule has 1 aliphatic carbocycles. The van der Waals surface area contributed by atoms with Crippen LogP contribution in [0.4, 0.5) is 22.0 Å². The molecule has 9 heteroatoms. The van der Waals surface area contributed by atoms with Gasteiger partial charge in [-0.05, 0) is 19.3 Å². The molecule has 3 unspecified atom stereocenters. The van der Waals surface area contributed by atoms with Gasteiger partial charge in [0.05, 0.1) is 12.5 Å². The van der Waals surface area contributed by atoms with E-state index in [0.717, 1.165) is 6.42 Å². The minimum absolute atomic E-state index is 0.148. The van der Waals surface area contributed by atoms with Crippen molar-refractivity contribution in [3.05, 3.63) is 0 Å². The summed E-state index contributed by atoms with van der Waals surface area (Å²) >= 11 is 0. The summed E-state index contributed by atoms with van der Waals surface area (Å²) in [6.07, 6.45) is -5.74. The van der Waals surface area contributed by atoms with E-state index in [0.29, 0.717) is 19.3 Å².